The molecule has 0 bridgehead atoms. The van der Waals surface area contributed by atoms with Gasteiger partial charge in [-0.1, -0.05) is 65.8 Å². The molecule has 98 valence electrons. The van der Waals surface area contributed by atoms with Gasteiger partial charge in [0, 0.05) is 5.41 Å². The van der Waals surface area contributed by atoms with Crippen LogP contribution in [0, 0.1) is 5.41 Å². The Hall–Kier alpha value is -1.82. The van der Waals surface area contributed by atoms with Gasteiger partial charge >= 0.3 is 0 Å². The highest BCUT2D eigenvalue weighted by molar-refractivity contribution is 5.75. The van der Waals surface area contributed by atoms with Gasteiger partial charge in [-0.2, -0.15) is 0 Å². The Labute approximate surface area is 116 Å². The van der Waals surface area contributed by atoms with Crippen molar-refractivity contribution in [3.63, 3.8) is 0 Å². The van der Waals surface area contributed by atoms with Crippen molar-refractivity contribution in [1.82, 2.24) is 0 Å². The zero-order valence-corrected chi connectivity index (χ0v) is 12.1. The van der Waals surface area contributed by atoms with Crippen LogP contribution < -0.4 is 0 Å². The summed E-state index contributed by atoms with van der Waals surface area (Å²) in [5.41, 5.74) is 5.37. The predicted molar refractivity (Wildman–Crippen MR) is 84.9 cm³/mol. The summed E-state index contributed by atoms with van der Waals surface area (Å²) in [6.07, 6.45) is 9.92. The fourth-order valence-electron chi connectivity index (χ4n) is 2.55. The molecule has 0 saturated heterocycles. The first-order valence-electron chi connectivity index (χ1n) is 6.82. The molecule has 1 aromatic carbocycles. The highest BCUT2D eigenvalue weighted by Crippen LogP contribution is 2.41. The largest absolute Gasteiger partial charge is 0.102 e. The van der Waals surface area contributed by atoms with E-state index >= 15 is 0 Å². The summed E-state index contributed by atoms with van der Waals surface area (Å²) in [6, 6.07) is 10.5. The molecule has 0 aliphatic heterocycles. The highest BCUT2D eigenvalue weighted by Gasteiger charge is 2.27. The number of hydrogen-bond acceptors (Lipinski definition) is 0. The van der Waals surface area contributed by atoms with Crippen LogP contribution in [0.4, 0.5) is 0 Å². The Morgan fingerprint density at radius 2 is 1.84 bits per heavy atom. The Kier molecular flexibility index (Phi) is 3.90. The maximum atomic E-state index is 4.04. The van der Waals surface area contributed by atoms with Crippen molar-refractivity contribution < 1.29 is 0 Å². The third kappa shape index (κ3) is 2.63. The van der Waals surface area contributed by atoms with E-state index in [0.29, 0.717) is 0 Å². The van der Waals surface area contributed by atoms with E-state index in [4.69, 9.17) is 0 Å². The van der Waals surface area contributed by atoms with Gasteiger partial charge in [0.1, 0.15) is 0 Å². The molecule has 0 saturated carbocycles. The number of allylic oxidation sites excluding steroid dienone is 7. The zero-order chi connectivity index (χ0) is 13.9. The maximum Gasteiger partial charge on any atom is 0.0306 e. The quantitative estimate of drug-likeness (QED) is 0.616. The fourth-order valence-corrected chi connectivity index (χ4v) is 2.55. The van der Waals surface area contributed by atoms with Crippen LogP contribution in [0.15, 0.2) is 72.4 Å². The highest BCUT2D eigenvalue weighted by atomic mass is 14.3. The van der Waals surface area contributed by atoms with Gasteiger partial charge in [0.2, 0.25) is 0 Å². The molecule has 1 atom stereocenters. The molecule has 1 unspecified atom stereocenters. The molecule has 0 aromatic heterocycles. The van der Waals surface area contributed by atoms with E-state index in [0.717, 1.165) is 6.42 Å². The molecule has 2 rings (SSSR count). The number of benzene rings is 1. The van der Waals surface area contributed by atoms with Crippen LogP contribution in [0.2, 0.25) is 0 Å². The monoisotopic (exact) mass is 250 g/mol. The summed E-state index contributed by atoms with van der Waals surface area (Å²) < 4.78 is 0. The summed E-state index contributed by atoms with van der Waals surface area (Å²) in [6.45, 7) is 10.6. The first kappa shape index (κ1) is 13.6. The molecule has 0 N–H and O–H groups in total. The lowest BCUT2D eigenvalue weighted by Crippen LogP contribution is -2.18. The molecular weight excluding hydrogens is 228 g/mol. The average molecular weight is 250 g/mol. The molecule has 1 aliphatic rings. The van der Waals surface area contributed by atoms with Crippen molar-refractivity contribution in [3.8, 4) is 0 Å². The van der Waals surface area contributed by atoms with Crippen molar-refractivity contribution in [2.45, 2.75) is 27.2 Å². The third-order valence-corrected chi connectivity index (χ3v) is 4.14. The van der Waals surface area contributed by atoms with Crippen LogP contribution in [0.5, 0.6) is 0 Å². The molecular formula is C19H22. The van der Waals surface area contributed by atoms with Gasteiger partial charge in [-0.3, -0.25) is 0 Å². The van der Waals surface area contributed by atoms with E-state index in [1.807, 2.05) is 0 Å². The summed E-state index contributed by atoms with van der Waals surface area (Å²) >= 11 is 0. The van der Waals surface area contributed by atoms with Crippen molar-refractivity contribution in [2.75, 3.05) is 0 Å². The molecule has 0 heteroatoms. The summed E-state index contributed by atoms with van der Waals surface area (Å²) in [5, 5.41) is 0. The van der Waals surface area contributed by atoms with Crippen LogP contribution in [-0.4, -0.2) is 0 Å². The summed E-state index contributed by atoms with van der Waals surface area (Å²) in [4.78, 5) is 0. The molecule has 0 spiro atoms. The Morgan fingerprint density at radius 1 is 1.16 bits per heavy atom. The first-order chi connectivity index (χ1) is 9.09. The van der Waals surface area contributed by atoms with Gasteiger partial charge in [0.15, 0.2) is 0 Å². The van der Waals surface area contributed by atoms with Crippen LogP contribution in [0.25, 0.3) is 5.57 Å². The van der Waals surface area contributed by atoms with Gasteiger partial charge in [0.05, 0.1) is 0 Å². The minimum atomic E-state index is -0.00286. The first-order valence-corrected chi connectivity index (χ1v) is 6.82. The van der Waals surface area contributed by atoms with E-state index in [1.165, 1.54) is 22.3 Å². The third-order valence-electron chi connectivity index (χ3n) is 4.14. The minimum Gasteiger partial charge on any atom is -0.102 e. The molecule has 0 nitrogen and oxygen atoms in total. The second-order valence-electron chi connectivity index (χ2n) is 5.43. The molecule has 1 aromatic rings. The number of rotatable bonds is 3. The van der Waals surface area contributed by atoms with Gasteiger partial charge in [-0.15, -0.1) is 6.58 Å². The van der Waals surface area contributed by atoms with Gasteiger partial charge in [-0.05, 0) is 38.3 Å². The van der Waals surface area contributed by atoms with E-state index in [9.17, 15) is 0 Å². The Bertz CT molecular complexity index is 551. The van der Waals surface area contributed by atoms with E-state index in [2.05, 4.69) is 82.0 Å². The number of hydrogen-bond donors (Lipinski definition) is 0. The normalized spacial score (nSPS) is 21.7. The van der Waals surface area contributed by atoms with E-state index < -0.39 is 0 Å². The Morgan fingerprint density at radius 3 is 2.32 bits per heavy atom. The van der Waals surface area contributed by atoms with Crippen molar-refractivity contribution in [1.29, 1.82) is 0 Å². The SMILES string of the molecule is C=CC1(C(C)=C(C)C)C=CC(c2ccccc2)=CC1. The topological polar surface area (TPSA) is 0 Å². The molecule has 0 heterocycles. The van der Waals surface area contributed by atoms with Gasteiger partial charge < -0.3 is 0 Å². The summed E-state index contributed by atoms with van der Waals surface area (Å²) in [7, 11) is 0. The van der Waals surface area contributed by atoms with Gasteiger partial charge in [-0.25, -0.2) is 0 Å². The van der Waals surface area contributed by atoms with Crippen LogP contribution in [0.1, 0.15) is 32.8 Å². The lowest BCUT2D eigenvalue weighted by Gasteiger charge is -2.31. The lowest BCUT2D eigenvalue weighted by molar-refractivity contribution is 0.586. The second kappa shape index (κ2) is 5.44. The lowest BCUT2D eigenvalue weighted by atomic mass is 9.73. The van der Waals surface area contributed by atoms with Crippen molar-refractivity contribution >= 4 is 5.57 Å². The standard InChI is InChI=1S/C19H22/c1-5-19(16(4)15(2)3)13-11-18(12-14-19)17-9-7-6-8-10-17/h5-13H,1,14H2,2-4H3. The van der Waals surface area contributed by atoms with E-state index in [-0.39, 0.29) is 5.41 Å². The van der Waals surface area contributed by atoms with Crippen LogP contribution in [-0.2, 0) is 0 Å². The second-order valence-corrected chi connectivity index (χ2v) is 5.43. The van der Waals surface area contributed by atoms with Gasteiger partial charge in [0.25, 0.3) is 0 Å². The summed E-state index contributed by atoms with van der Waals surface area (Å²) in [5.74, 6) is 0. The fraction of sp³-hybridized carbons (Fsp3) is 0.263. The smallest absolute Gasteiger partial charge is 0.0306 e. The molecule has 0 fully saturated rings. The van der Waals surface area contributed by atoms with Crippen molar-refractivity contribution in [3.05, 3.63) is 77.9 Å². The van der Waals surface area contributed by atoms with Crippen molar-refractivity contribution in [2.24, 2.45) is 5.41 Å². The Balaban J connectivity index is 2.32. The average Bonchev–Trinajstić information content (AvgIpc) is 2.47. The maximum absolute atomic E-state index is 4.04. The van der Waals surface area contributed by atoms with Crippen LogP contribution in [0.3, 0.4) is 0 Å². The molecule has 0 radical (unpaired) electrons. The zero-order valence-electron chi connectivity index (χ0n) is 12.1. The predicted octanol–water partition coefficient (Wildman–Crippen LogP) is 5.56. The molecule has 19 heavy (non-hydrogen) atoms. The minimum absolute atomic E-state index is 0.00286. The van der Waals surface area contributed by atoms with E-state index in [1.54, 1.807) is 0 Å². The van der Waals surface area contributed by atoms with Crippen LogP contribution >= 0.6 is 0 Å². The molecule has 0 amide bonds. The molecule has 1 aliphatic carbocycles.